The fourth-order valence-electron chi connectivity index (χ4n) is 3.87. The molecular weight excluding hydrogens is 288 g/mol. The lowest BCUT2D eigenvalue weighted by atomic mass is 9.79. The number of aliphatic hydroxyl groups is 1. The van der Waals surface area contributed by atoms with Crippen LogP contribution in [-0.2, 0) is 17.8 Å². The van der Waals surface area contributed by atoms with Gasteiger partial charge in [0.15, 0.2) is 0 Å². The predicted molar refractivity (Wildman–Crippen MR) is 91.0 cm³/mol. The Hall–Kier alpha value is -1.39. The molecule has 0 radical (unpaired) electrons. The summed E-state index contributed by atoms with van der Waals surface area (Å²) in [5.74, 6) is 0.918. The van der Waals surface area contributed by atoms with Crippen LogP contribution in [0.5, 0.6) is 0 Å². The largest absolute Gasteiger partial charge is 0.392 e. The molecule has 2 aliphatic heterocycles. The van der Waals surface area contributed by atoms with Gasteiger partial charge in [-0.05, 0) is 55.8 Å². The van der Waals surface area contributed by atoms with Gasteiger partial charge in [0.05, 0.1) is 6.61 Å². The smallest absolute Gasteiger partial charge is 0.228 e. The Balaban J connectivity index is 1.56. The lowest BCUT2D eigenvalue weighted by Gasteiger charge is -2.36. The van der Waals surface area contributed by atoms with Crippen molar-refractivity contribution in [2.24, 2.45) is 11.3 Å². The Morgan fingerprint density at radius 1 is 1.26 bits per heavy atom. The lowest BCUT2D eigenvalue weighted by Crippen LogP contribution is -2.47. The first-order valence-electron chi connectivity index (χ1n) is 8.79. The number of hydrogen-bond acceptors (Lipinski definition) is 3. The van der Waals surface area contributed by atoms with Crippen LogP contribution in [0.3, 0.4) is 0 Å². The monoisotopic (exact) mass is 316 g/mol. The average molecular weight is 316 g/mol. The zero-order chi connectivity index (χ0) is 16.3. The van der Waals surface area contributed by atoms with Crippen molar-refractivity contribution in [3.63, 3.8) is 0 Å². The van der Waals surface area contributed by atoms with Crippen LogP contribution in [0, 0.1) is 11.3 Å². The topological polar surface area (TPSA) is 52.6 Å². The molecule has 1 atom stereocenters. The molecule has 0 saturated carbocycles. The fraction of sp³-hybridized carbons (Fsp3) is 0.632. The molecule has 1 amide bonds. The van der Waals surface area contributed by atoms with Crippen molar-refractivity contribution in [1.29, 1.82) is 0 Å². The normalized spacial score (nSPS) is 23.9. The summed E-state index contributed by atoms with van der Waals surface area (Å²) in [7, 11) is 0. The second-order valence-electron chi connectivity index (χ2n) is 7.40. The number of rotatable bonds is 4. The van der Waals surface area contributed by atoms with Crippen molar-refractivity contribution in [1.82, 2.24) is 10.2 Å². The van der Waals surface area contributed by atoms with E-state index in [0.717, 1.165) is 57.4 Å². The van der Waals surface area contributed by atoms with Gasteiger partial charge in [0.25, 0.3) is 0 Å². The number of nitrogens with one attached hydrogen (secondary N) is 1. The van der Waals surface area contributed by atoms with Gasteiger partial charge in [0.2, 0.25) is 5.91 Å². The summed E-state index contributed by atoms with van der Waals surface area (Å²) in [4.78, 5) is 15.0. The van der Waals surface area contributed by atoms with Gasteiger partial charge < -0.3 is 15.3 Å². The van der Waals surface area contributed by atoms with E-state index in [2.05, 4.69) is 29.3 Å². The Bertz CT molecular complexity index is 535. The molecule has 1 aromatic rings. The van der Waals surface area contributed by atoms with Gasteiger partial charge in [0.1, 0.15) is 0 Å². The number of benzene rings is 1. The molecule has 2 N–H and O–H groups in total. The molecule has 0 bridgehead atoms. The van der Waals surface area contributed by atoms with Gasteiger partial charge in [-0.3, -0.25) is 4.79 Å². The van der Waals surface area contributed by atoms with Crippen LogP contribution in [0.2, 0.25) is 0 Å². The highest BCUT2D eigenvalue weighted by atomic mass is 16.3. The zero-order valence-electron chi connectivity index (χ0n) is 14.1. The van der Waals surface area contributed by atoms with Crippen molar-refractivity contribution in [3.8, 4) is 0 Å². The molecule has 2 fully saturated rings. The third kappa shape index (κ3) is 3.75. The molecule has 0 aromatic heterocycles. The first-order valence-corrected chi connectivity index (χ1v) is 8.79. The highest BCUT2D eigenvalue weighted by Gasteiger charge is 2.39. The van der Waals surface area contributed by atoms with Crippen LogP contribution in [0.4, 0.5) is 0 Å². The maximum atomic E-state index is 12.9. The number of carbonyl (C=O) groups excluding carboxylic acids is 1. The van der Waals surface area contributed by atoms with Gasteiger partial charge in [0, 0.05) is 18.5 Å². The summed E-state index contributed by atoms with van der Waals surface area (Å²) < 4.78 is 0. The minimum absolute atomic E-state index is 0.0967. The molecule has 0 aliphatic carbocycles. The van der Waals surface area contributed by atoms with Crippen LogP contribution in [0.25, 0.3) is 0 Å². The number of piperidine rings is 1. The molecule has 2 aliphatic rings. The van der Waals surface area contributed by atoms with Gasteiger partial charge >= 0.3 is 0 Å². The van der Waals surface area contributed by atoms with Crippen molar-refractivity contribution in [2.75, 3.05) is 26.2 Å². The third-order valence-corrected chi connectivity index (χ3v) is 5.53. The second-order valence-corrected chi connectivity index (χ2v) is 7.40. The summed E-state index contributed by atoms with van der Waals surface area (Å²) in [5, 5.41) is 12.5. The Morgan fingerprint density at radius 2 is 1.91 bits per heavy atom. The van der Waals surface area contributed by atoms with E-state index in [9.17, 15) is 4.79 Å². The van der Waals surface area contributed by atoms with Gasteiger partial charge in [-0.25, -0.2) is 0 Å². The first-order chi connectivity index (χ1) is 11.1. The molecule has 0 unspecified atom stereocenters. The number of likely N-dealkylation sites (tertiary alicyclic amines) is 1. The fourth-order valence-corrected chi connectivity index (χ4v) is 3.87. The molecule has 0 spiro atoms. The third-order valence-electron chi connectivity index (χ3n) is 5.53. The van der Waals surface area contributed by atoms with Crippen molar-refractivity contribution >= 4 is 5.91 Å². The zero-order valence-corrected chi connectivity index (χ0v) is 14.1. The molecule has 2 heterocycles. The highest BCUT2D eigenvalue weighted by molar-refractivity contribution is 5.82. The number of carbonyl (C=O) groups is 1. The van der Waals surface area contributed by atoms with Crippen LogP contribution in [0.1, 0.15) is 37.3 Å². The molecule has 2 saturated heterocycles. The molecule has 4 heteroatoms. The van der Waals surface area contributed by atoms with Crippen LogP contribution in [-0.4, -0.2) is 42.1 Å². The Kier molecular flexibility index (Phi) is 5.02. The van der Waals surface area contributed by atoms with Crippen molar-refractivity contribution in [2.45, 2.75) is 39.2 Å². The minimum Gasteiger partial charge on any atom is -0.392 e. The van der Waals surface area contributed by atoms with E-state index in [1.165, 1.54) is 5.56 Å². The second kappa shape index (κ2) is 7.02. The standard InChI is InChI=1S/C19H28N2O2/c1-19(7-9-20-10-8-19)18(23)21-11-6-17(13-21)12-15-2-4-16(14-22)5-3-15/h2-5,17,20,22H,6-14H2,1H3/t17-/m1/s1. The molecule has 23 heavy (non-hydrogen) atoms. The molecular formula is C19H28N2O2. The molecule has 4 nitrogen and oxygen atoms in total. The van der Waals surface area contributed by atoms with E-state index in [-0.39, 0.29) is 12.0 Å². The number of nitrogens with zero attached hydrogens (tertiary/aromatic N) is 1. The average Bonchev–Trinajstić information content (AvgIpc) is 3.04. The number of aliphatic hydroxyl groups excluding tert-OH is 1. The van der Waals surface area contributed by atoms with E-state index < -0.39 is 0 Å². The summed E-state index contributed by atoms with van der Waals surface area (Å²) in [6.07, 6.45) is 4.03. The van der Waals surface area contributed by atoms with E-state index in [1.54, 1.807) is 0 Å². The first kappa shape index (κ1) is 16.5. The minimum atomic E-state index is -0.164. The quantitative estimate of drug-likeness (QED) is 0.893. The Labute approximate surface area is 138 Å². The number of amides is 1. The van der Waals surface area contributed by atoms with Crippen LogP contribution >= 0.6 is 0 Å². The van der Waals surface area contributed by atoms with Gasteiger partial charge in [-0.1, -0.05) is 31.2 Å². The maximum absolute atomic E-state index is 12.9. The van der Waals surface area contributed by atoms with Crippen LogP contribution < -0.4 is 5.32 Å². The summed E-state index contributed by atoms with van der Waals surface area (Å²) in [6, 6.07) is 8.18. The molecule has 3 rings (SSSR count). The summed E-state index contributed by atoms with van der Waals surface area (Å²) >= 11 is 0. The van der Waals surface area contributed by atoms with Crippen LogP contribution in [0.15, 0.2) is 24.3 Å². The predicted octanol–water partition coefficient (Wildman–Crippen LogP) is 1.96. The van der Waals surface area contributed by atoms with E-state index >= 15 is 0 Å². The van der Waals surface area contributed by atoms with Crippen molar-refractivity contribution < 1.29 is 9.90 Å². The SMILES string of the molecule is CC1(C(=O)N2CC[C@H](Cc3ccc(CO)cc3)C2)CCNCC1. The summed E-state index contributed by atoms with van der Waals surface area (Å²) in [5.41, 5.74) is 2.09. The maximum Gasteiger partial charge on any atom is 0.228 e. The van der Waals surface area contributed by atoms with Gasteiger partial charge in [-0.2, -0.15) is 0 Å². The highest BCUT2D eigenvalue weighted by Crippen LogP contribution is 2.33. The molecule has 1 aromatic carbocycles. The Morgan fingerprint density at radius 3 is 2.57 bits per heavy atom. The molecule has 126 valence electrons. The van der Waals surface area contributed by atoms with Gasteiger partial charge in [-0.15, -0.1) is 0 Å². The summed E-state index contributed by atoms with van der Waals surface area (Å²) in [6.45, 7) is 5.94. The van der Waals surface area contributed by atoms with E-state index in [4.69, 9.17) is 5.11 Å². The van der Waals surface area contributed by atoms with E-state index in [1.807, 2.05) is 12.1 Å². The van der Waals surface area contributed by atoms with Crippen molar-refractivity contribution in [3.05, 3.63) is 35.4 Å². The number of hydrogen-bond donors (Lipinski definition) is 2. The lowest BCUT2D eigenvalue weighted by molar-refractivity contribution is -0.141. The van der Waals surface area contributed by atoms with E-state index in [0.29, 0.717) is 11.8 Å².